The minimum atomic E-state index is -3.22. The molecule has 2 aromatic rings. The van der Waals surface area contributed by atoms with Gasteiger partial charge in [0.1, 0.15) is 6.17 Å². The number of nitrogens with two attached hydrogens (primary N) is 1. The average Bonchev–Trinajstić information content (AvgIpc) is 3.12. The van der Waals surface area contributed by atoms with Gasteiger partial charge in [0, 0.05) is 18.7 Å². The van der Waals surface area contributed by atoms with Gasteiger partial charge in [-0.05, 0) is 35.2 Å². The molecule has 1 aliphatic rings. The fourth-order valence-electron chi connectivity index (χ4n) is 3.42. The Kier molecular flexibility index (Phi) is 5.86. The normalized spacial score (nSPS) is 19.4. The SMILES string of the molecule is C[C@@H](c1ccc(-c2ccc(S(C)(=O)=O)cc2)cc1)[C@H](N)C(=O)N1CC[C@H](F)C1. The van der Waals surface area contributed by atoms with E-state index in [1.807, 2.05) is 31.2 Å². The number of nitrogens with zero attached hydrogens (tertiary/aromatic N) is 1. The van der Waals surface area contributed by atoms with E-state index in [-0.39, 0.29) is 23.3 Å². The van der Waals surface area contributed by atoms with Gasteiger partial charge in [-0.15, -0.1) is 0 Å². The number of carbonyl (C=O) groups is 1. The van der Waals surface area contributed by atoms with Crippen LogP contribution >= 0.6 is 0 Å². The van der Waals surface area contributed by atoms with Gasteiger partial charge in [0.05, 0.1) is 17.5 Å². The number of rotatable bonds is 5. The highest BCUT2D eigenvalue weighted by Crippen LogP contribution is 2.26. The number of amides is 1. The van der Waals surface area contributed by atoms with Gasteiger partial charge in [0.25, 0.3) is 0 Å². The minimum Gasteiger partial charge on any atom is -0.338 e. The summed E-state index contributed by atoms with van der Waals surface area (Å²) in [5.41, 5.74) is 8.92. The number of sulfone groups is 1. The Labute approximate surface area is 165 Å². The third kappa shape index (κ3) is 4.42. The summed E-state index contributed by atoms with van der Waals surface area (Å²) in [6.07, 6.45) is 0.595. The molecular formula is C21H25FN2O3S. The van der Waals surface area contributed by atoms with Crippen LogP contribution in [0.2, 0.25) is 0 Å². The largest absolute Gasteiger partial charge is 0.338 e. The summed E-state index contributed by atoms with van der Waals surface area (Å²) < 4.78 is 36.5. The summed E-state index contributed by atoms with van der Waals surface area (Å²) in [5, 5.41) is 0. The summed E-state index contributed by atoms with van der Waals surface area (Å²) >= 11 is 0. The maximum Gasteiger partial charge on any atom is 0.240 e. The van der Waals surface area contributed by atoms with Crippen LogP contribution in [-0.2, 0) is 14.6 Å². The van der Waals surface area contributed by atoms with Crippen molar-refractivity contribution in [2.45, 2.75) is 36.4 Å². The van der Waals surface area contributed by atoms with Crippen molar-refractivity contribution in [1.82, 2.24) is 4.90 Å². The van der Waals surface area contributed by atoms with Crippen molar-refractivity contribution >= 4 is 15.7 Å². The molecule has 7 heteroatoms. The Balaban J connectivity index is 1.72. The maximum atomic E-state index is 13.3. The van der Waals surface area contributed by atoms with Crippen molar-refractivity contribution in [3.05, 3.63) is 54.1 Å². The molecule has 2 aromatic carbocycles. The Bertz CT molecular complexity index is 943. The molecule has 150 valence electrons. The van der Waals surface area contributed by atoms with Gasteiger partial charge in [-0.2, -0.15) is 0 Å². The molecule has 0 saturated carbocycles. The van der Waals surface area contributed by atoms with E-state index in [9.17, 15) is 17.6 Å². The first-order valence-electron chi connectivity index (χ1n) is 9.25. The number of hydrogen-bond acceptors (Lipinski definition) is 4. The predicted octanol–water partition coefficient (Wildman–Crippen LogP) is 2.76. The number of carbonyl (C=O) groups excluding carboxylic acids is 1. The number of benzene rings is 2. The van der Waals surface area contributed by atoms with E-state index in [0.29, 0.717) is 13.0 Å². The van der Waals surface area contributed by atoms with E-state index in [2.05, 4.69) is 0 Å². The molecule has 0 spiro atoms. The summed E-state index contributed by atoms with van der Waals surface area (Å²) in [6, 6.07) is 13.7. The predicted molar refractivity (Wildman–Crippen MR) is 107 cm³/mol. The lowest BCUT2D eigenvalue weighted by Crippen LogP contribution is -2.45. The molecule has 28 heavy (non-hydrogen) atoms. The first-order valence-corrected chi connectivity index (χ1v) is 11.1. The van der Waals surface area contributed by atoms with Crippen LogP contribution in [0.15, 0.2) is 53.4 Å². The fraction of sp³-hybridized carbons (Fsp3) is 0.381. The molecule has 1 fully saturated rings. The number of halogens is 1. The molecule has 5 nitrogen and oxygen atoms in total. The first kappa shape index (κ1) is 20.5. The van der Waals surface area contributed by atoms with Gasteiger partial charge in [0.2, 0.25) is 5.91 Å². The molecule has 1 heterocycles. The Morgan fingerprint density at radius 3 is 2.11 bits per heavy atom. The van der Waals surface area contributed by atoms with Crippen LogP contribution in [0.5, 0.6) is 0 Å². The fourth-order valence-corrected chi connectivity index (χ4v) is 4.05. The minimum absolute atomic E-state index is 0.127. The van der Waals surface area contributed by atoms with Gasteiger partial charge >= 0.3 is 0 Å². The molecule has 0 unspecified atom stereocenters. The maximum absolute atomic E-state index is 13.3. The second kappa shape index (κ2) is 8.01. The van der Waals surface area contributed by atoms with E-state index < -0.39 is 22.1 Å². The van der Waals surface area contributed by atoms with E-state index in [0.717, 1.165) is 16.7 Å². The smallest absolute Gasteiger partial charge is 0.240 e. The number of alkyl halides is 1. The molecule has 0 radical (unpaired) electrons. The standard InChI is InChI=1S/C21H25FN2O3S/c1-14(20(23)21(25)24-12-11-18(22)13-24)15-3-5-16(6-4-15)17-7-9-19(10-8-17)28(2,26)27/h3-10,14,18,20H,11-13,23H2,1-2H3/t14-,18-,20-/m0/s1. The Morgan fingerprint density at radius 2 is 1.64 bits per heavy atom. The van der Waals surface area contributed by atoms with Crippen molar-refractivity contribution in [3.63, 3.8) is 0 Å². The second-order valence-electron chi connectivity index (χ2n) is 7.40. The van der Waals surface area contributed by atoms with E-state index in [1.54, 1.807) is 24.3 Å². The third-order valence-electron chi connectivity index (χ3n) is 5.32. The molecule has 1 aliphatic heterocycles. The summed E-state index contributed by atoms with van der Waals surface area (Å²) in [4.78, 5) is 14.3. The molecular weight excluding hydrogens is 379 g/mol. The van der Waals surface area contributed by atoms with E-state index >= 15 is 0 Å². The van der Waals surface area contributed by atoms with Crippen molar-refractivity contribution < 1.29 is 17.6 Å². The van der Waals surface area contributed by atoms with Gasteiger partial charge < -0.3 is 10.6 Å². The topological polar surface area (TPSA) is 80.5 Å². The van der Waals surface area contributed by atoms with Gasteiger partial charge in [-0.25, -0.2) is 12.8 Å². The molecule has 3 rings (SSSR count). The highest BCUT2D eigenvalue weighted by atomic mass is 32.2. The number of hydrogen-bond donors (Lipinski definition) is 1. The van der Waals surface area contributed by atoms with E-state index in [1.165, 1.54) is 11.2 Å². The summed E-state index contributed by atoms with van der Waals surface area (Å²) in [6.45, 7) is 2.44. The zero-order valence-electron chi connectivity index (χ0n) is 16.0. The van der Waals surface area contributed by atoms with Crippen LogP contribution in [-0.4, -0.2) is 50.8 Å². The highest BCUT2D eigenvalue weighted by molar-refractivity contribution is 7.90. The second-order valence-corrected chi connectivity index (χ2v) is 9.42. The van der Waals surface area contributed by atoms with Crippen LogP contribution in [0, 0.1) is 0 Å². The van der Waals surface area contributed by atoms with Crippen molar-refractivity contribution in [2.75, 3.05) is 19.3 Å². The van der Waals surface area contributed by atoms with Crippen LogP contribution in [0.1, 0.15) is 24.8 Å². The third-order valence-corrected chi connectivity index (χ3v) is 6.45. The Hall–Kier alpha value is -2.25. The van der Waals surface area contributed by atoms with Crippen molar-refractivity contribution in [1.29, 1.82) is 0 Å². The zero-order chi connectivity index (χ0) is 20.5. The van der Waals surface area contributed by atoms with Gasteiger partial charge in [-0.3, -0.25) is 4.79 Å². The zero-order valence-corrected chi connectivity index (χ0v) is 16.8. The van der Waals surface area contributed by atoms with Crippen LogP contribution in [0.4, 0.5) is 4.39 Å². The molecule has 2 N–H and O–H groups in total. The van der Waals surface area contributed by atoms with E-state index in [4.69, 9.17) is 5.73 Å². The quantitative estimate of drug-likeness (QED) is 0.831. The molecule has 0 aliphatic carbocycles. The molecule has 1 saturated heterocycles. The van der Waals surface area contributed by atoms with Crippen LogP contribution in [0.25, 0.3) is 11.1 Å². The lowest BCUT2D eigenvalue weighted by Gasteiger charge is -2.25. The van der Waals surface area contributed by atoms with Crippen molar-refractivity contribution in [2.24, 2.45) is 5.73 Å². The average molecular weight is 405 g/mol. The monoisotopic (exact) mass is 404 g/mol. The summed E-state index contributed by atoms with van der Waals surface area (Å²) in [5.74, 6) is -0.416. The molecule has 1 amide bonds. The highest BCUT2D eigenvalue weighted by Gasteiger charge is 2.32. The molecule has 0 bridgehead atoms. The lowest BCUT2D eigenvalue weighted by atomic mass is 9.91. The first-order chi connectivity index (χ1) is 13.2. The van der Waals surface area contributed by atoms with Gasteiger partial charge in [-0.1, -0.05) is 43.3 Å². The molecule has 3 atom stereocenters. The van der Waals surface area contributed by atoms with Crippen LogP contribution < -0.4 is 5.73 Å². The Morgan fingerprint density at radius 1 is 1.11 bits per heavy atom. The lowest BCUT2D eigenvalue weighted by molar-refractivity contribution is -0.132. The number of likely N-dealkylation sites (tertiary alicyclic amines) is 1. The van der Waals surface area contributed by atoms with Crippen molar-refractivity contribution in [3.8, 4) is 11.1 Å². The van der Waals surface area contributed by atoms with Gasteiger partial charge in [0.15, 0.2) is 9.84 Å². The molecule has 0 aromatic heterocycles. The van der Waals surface area contributed by atoms with Crippen LogP contribution in [0.3, 0.4) is 0 Å². The summed E-state index contributed by atoms with van der Waals surface area (Å²) in [7, 11) is -3.22.